The predicted octanol–water partition coefficient (Wildman–Crippen LogP) is 3.26. The van der Waals surface area contributed by atoms with Crippen LogP contribution in [0.25, 0.3) is 0 Å². The Morgan fingerprint density at radius 1 is 1.31 bits per heavy atom. The quantitative estimate of drug-likeness (QED) is 0.528. The van der Waals surface area contributed by atoms with Crippen molar-refractivity contribution < 1.29 is 18.0 Å². The van der Waals surface area contributed by atoms with Gasteiger partial charge in [0.2, 0.25) is 0 Å². The Balaban J connectivity index is 3.13. The maximum atomic E-state index is 12.4. The summed E-state index contributed by atoms with van der Waals surface area (Å²) in [5, 5.41) is 0.405. The number of alkyl halides is 4. The van der Waals surface area contributed by atoms with Gasteiger partial charge in [-0.25, -0.2) is 0 Å². The molecular weight excluding hydrogens is 287 g/mol. The number of anilines is 1. The second kappa shape index (κ2) is 4.86. The summed E-state index contributed by atoms with van der Waals surface area (Å²) < 4.78 is 37.3. The molecular formula is C10H9BrF3NO. The van der Waals surface area contributed by atoms with Gasteiger partial charge in [-0.2, -0.15) is 13.2 Å². The molecule has 0 spiro atoms. The average molecular weight is 296 g/mol. The molecule has 0 aliphatic heterocycles. The number of benzene rings is 1. The smallest absolute Gasteiger partial charge is 0.399 e. The van der Waals surface area contributed by atoms with Gasteiger partial charge in [0.1, 0.15) is 0 Å². The summed E-state index contributed by atoms with van der Waals surface area (Å²) in [4.78, 5) is 11.4. The number of rotatable bonds is 3. The van der Waals surface area contributed by atoms with E-state index in [9.17, 15) is 18.0 Å². The van der Waals surface area contributed by atoms with E-state index in [1.807, 2.05) is 0 Å². The van der Waals surface area contributed by atoms with E-state index in [0.29, 0.717) is 5.33 Å². The lowest BCUT2D eigenvalue weighted by Gasteiger charge is -2.09. The van der Waals surface area contributed by atoms with Crippen LogP contribution in [0.2, 0.25) is 0 Å². The molecule has 0 bridgehead atoms. The van der Waals surface area contributed by atoms with Gasteiger partial charge in [-0.15, -0.1) is 0 Å². The fourth-order valence-corrected chi connectivity index (χ4v) is 1.57. The van der Waals surface area contributed by atoms with Crippen molar-refractivity contribution in [1.82, 2.24) is 0 Å². The lowest BCUT2D eigenvalue weighted by atomic mass is 10.0. The first-order valence-electron chi connectivity index (χ1n) is 4.41. The van der Waals surface area contributed by atoms with Crippen molar-refractivity contribution in [2.45, 2.75) is 12.6 Å². The van der Waals surface area contributed by atoms with Crippen molar-refractivity contribution in [2.75, 3.05) is 11.1 Å². The molecule has 2 N–H and O–H groups in total. The highest BCUT2D eigenvalue weighted by Crippen LogP contribution is 2.31. The van der Waals surface area contributed by atoms with E-state index in [-0.39, 0.29) is 23.5 Å². The van der Waals surface area contributed by atoms with E-state index < -0.39 is 11.7 Å². The summed E-state index contributed by atoms with van der Waals surface area (Å²) in [5.41, 5.74) is 4.36. The van der Waals surface area contributed by atoms with Crippen molar-refractivity contribution in [3.05, 3.63) is 29.3 Å². The van der Waals surface area contributed by atoms with E-state index in [0.717, 1.165) is 12.1 Å². The molecule has 0 atom stereocenters. The molecule has 0 unspecified atom stereocenters. The SMILES string of the molecule is Nc1cc(C(=O)CCBr)cc(C(F)(F)F)c1. The van der Waals surface area contributed by atoms with Gasteiger partial charge < -0.3 is 5.73 Å². The van der Waals surface area contributed by atoms with E-state index in [1.54, 1.807) is 0 Å². The summed E-state index contributed by atoms with van der Waals surface area (Å²) in [6.45, 7) is 0. The Morgan fingerprint density at radius 2 is 1.94 bits per heavy atom. The van der Waals surface area contributed by atoms with Crippen LogP contribution in [0.5, 0.6) is 0 Å². The highest BCUT2D eigenvalue weighted by Gasteiger charge is 2.31. The number of hydrogen-bond acceptors (Lipinski definition) is 2. The van der Waals surface area contributed by atoms with Gasteiger partial charge in [0.25, 0.3) is 0 Å². The molecule has 0 aromatic heterocycles. The monoisotopic (exact) mass is 295 g/mol. The molecule has 0 aliphatic rings. The van der Waals surface area contributed by atoms with Crippen LogP contribution in [0.3, 0.4) is 0 Å². The topological polar surface area (TPSA) is 43.1 Å². The summed E-state index contributed by atoms with van der Waals surface area (Å²) in [5.74, 6) is -0.366. The van der Waals surface area contributed by atoms with E-state index in [2.05, 4.69) is 15.9 Å². The molecule has 0 fully saturated rings. The van der Waals surface area contributed by atoms with Crippen molar-refractivity contribution in [2.24, 2.45) is 0 Å². The number of nitrogens with two attached hydrogens (primary N) is 1. The van der Waals surface area contributed by atoms with Gasteiger partial charge >= 0.3 is 6.18 Å². The van der Waals surface area contributed by atoms with Crippen LogP contribution in [-0.4, -0.2) is 11.1 Å². The first-order chi connectivity index (χ1) is 7.34. The van der Waals surface area contributed by atoms with Crippen molar-refractivity contribution in [3.8, 4) is 0 Å². The molecule has 88 valence electrons. The summed E-state index contributed by atoms with van der Waals surface area (Å²) in [7, 11) is 0. The third-order valence-electron chi connectivity index (χ3n) is 1.93. The molecule has 6 heteroatoms. The lowest BCUT2D eigenvalue weighted by Crippen LogP contribution is -2.09. The van der Waals surface area contributed by atoms with Gasteiger partial charge in [-0.3, -0.25) is 4.79 Å². The van der Waals surface area contributed by atoms with Gasteiger partial charge in [0.15, 0.2) is 5.78 Å². The maximum absolute atomic E-state index is 12.4. The summed E-state index contributed by atoms with van der Waals surface area (Å²) >= 11 is 3.05. The van der Waals surface area contributed by atoms with Crippen LogP contribution in [0, 0.1) is 0 Å². The maximum Gasteiger partial charge on any atom is 0.416 e. The first-order valence-corrected chi connectivity index (χ1v) is 5.53. The largest absolute Gasteiger partial charge is 0.416 e. The number of halogens is 4. The molecule has 0 amide bonds. The van der Waals surface area contributed by atoms with Crippen LogP contribution >= 0.6 is 15.9 Å². The number of hydrogen-bond donors (Lipinski definition) is 1. The van der Waals surface area contributed by atoms with Crippen LogP contribution in [0.15, 0.2) is 18.2 Å². The van der Waals surface area contributed by atoms with Gasteiger partial charge in [0.05, 0.1) is 5.56 Å². The third-order valence-corrected chi connectivity index (χ3v) is 2.32. The summed E-state index contributed by atoms with van der Waals surface area (Å²) in [6, 6.07) is 2.88. The van der Waals surface area contributed by atoms with Crippen LogP contribution < -0.4 is 5.73 Å². The Morgan fingerprint density at radius 3 is 2.44 bits per heavy atom. The average Bonchev–Trinajstić information content (AvgIpc) is 2.16. The minimum atomic E-state index is -4.49. The van der Waals surface area contributed by atoms with Crippen LogP contribution in [-0.2, 0) is 6.18 Å². The second-order valence-corrected chi connectivity index (χ2v) is 4.00. The molecule has 0 saturated carbocycles. The highest BCUT2D eigenvalue weighted by atomic mass is 79.9. The molecule has 1 aromatic carbocycles. The molecule has 0 aliphatic carbocycles. The zero-order chi connectivity index (χ0) is 12.3. The fourth-order valence-electron chi connectivity index (χ4n) is 1.21. The zero-order valence-electron chi connectivity index (χ0n) is 8.14. The molecule has 0 saturated heterocycles. The molecule has 1 rings (SSSR count). The van der Waals surface area contributed by atoms with Gasteiger partial charge in [-0.05, 0) is 18.2 Å². The predicted molar refractivity (Wildman–Crippen MR) is 58.6 cm³/mol. The van der Waals surface area contributed by atoms with Crippen molar-refractivity contribution in [1.29, 1.82) is 0 Å². The van der Waals surface area contributed by atoms with E-state index in [1.165, 1.54) is 6.07 Å². The molecule has 0 radical (unpaired) electrons. The normalized spacial score (nSPS) is 11.5. The number of carbonyl (C=O) groups is 1. The van der Waals surface area contributed by atoms with Crippen LogP contribution in [0.4, 0.5) is 18.9 Å². The van der Waals surface area contributed by atoms with Gasteiger partial charge in [-0.1, -0.05) is 15.9 Å². The van der Waals surface area contributed by atoms with E-state index >= 15 is 0 Å². The van der Waals surface area contributed by atoms with Crippen LogP contribution in [0.1, 0.15) is 22.3 Å². The third kappa shape index (κ3) is 3.23. The first kappa shape index (κ1) is 13.0. The zero-order valence-corrected chi connectivity index (χ0v) is 9.73. The Hall–Kier alpha value is -1.04. The Kier molecular flexibility index (Phi) is 3.96. The molecule has 0 heterocycles. The van der Waals surface area contributed by atoms with Gasteiger partial charge in [0, 0.05) is 23.0 Å². The van der Waals surface area contributed by atoms with E-state index in [4.69, 9.17) is 5.73 Å². The summed E-state index contributed by atoms with van der Waals surface area (Å²) in [6.07, 6.45) is -4.35. The van der Waals surface area contributed by atoms with Crippen molar-refractivity contribution in [3.63, 3.8) is 0 Å². The minimum absolute atomic E-state index is 0.00762. The fraction of sp³-hybridized carbons (Fsp3) is 0.300. The highest BCUT2D eigenvalue weighted by molar-refractivity contribution is 9.09. The molecule has 2 nitrogen and oxygen atoms in total. The second-order valence-electron chi connectivity index (χ2n) is 3.20. The molecule has 16 heavy (non-hydrogen) atoms. The Bertz CT molecular complexity index is 404. The van der Waals surface area contributed by atoms with Crippen molar-refractivity contribution >= 4 is 27.4 Å². The Labute approximate surface area is 98.8 Å². The molecule has 1 aromatic rings. The minimum Gasteiger partial charge on any atom is -0.399 e. The number of nitrogen functional groups attached to an aromatic ring is 1. The number of carbonyl (C=O) groups excluding carboxylic acids is 1. The lowest BCUT2D eigenvalue weighted by molar-refractivity contribution is -0.137. The number of ketones is 1. The number of Topliss-reactive ketones (excluding diaryl/α,β-unsaturated/α-hetero) is 1. The standard InChI is InChI=1S/C10H9BrF3NO/c11-2-1-9(16)6-3-7(10(12,13)14)5-8(15)4-6/h3-5H,1-2,15H2.